The van der Waals surface area contributed by atoms with E-state index in [1.54, 1.807) is 35.7 Å². The highest BCUT2D eigenvalue weighted by Crippen LogP contribution is 2.46. The largest absolute Gasteiger partial charge is 0.279 e. The third kappa shape index (κ3) is 4.52. The molecule has 178 valence electrons. The minimum absolute atomic E-state index is 0.0811. The van der Waals surface area contributed by atoms with Gasteiger partial charge in [-0.2, -0.15) is 0 Å². The Hall–Kier alpha value is -2.62. The Morgan fingerprint density at radius 1 is 0.943 bits per heavy atom. The third-order valence-electron chi connectivity index (χ3n) is 5.52. The Morgan fingerprint density at radius 3 is 2.37 bits per heavy atom. The van der Waals surface area contributed by atoms with E-state index in [2.05, 4.69) is 9.71 Å². The number of para-hydroxylation sites is 1. The van der Waals surface area contributed by atoms with Crippen LogP contribution in [0, 0.1) is 0 Å². The van der Waals surface area contributed by atoms with Crippen LogP contribution in [0.2, 0.25) is 10.0 Å². The van der Waals surface area contributed by atoms with Gasteiger partial charge in [-0.25, -0.2) is 13.4 Å². The molecule has 1 aromatic heterocycles. The average molecular weight is 565 g/mol. The zero-order valence-electron chi connectivity index (χ0n) is 17.7. The van der Waals surface area contributed by atoms with Gasteiger partial charge in [0.15, 0.2) is 5.13 Å². The Balaban J connectivity index is 1.46. The molecule has 2 heterocycles. The van der Waals surface area contributed by atoms with Crippen molar-refractivity contribution in [1.29, 1.82) is 0 Å². The van der Waals surface area contributed by atoms with Gasteiger partial charge in [0, 0.05) is 21.0 Å². The summed E-state index contributed by atoms with van der Waals surface area (Å²) >= 11 is 19.8. The maximum Gasteiger partial charge on any atom is 0.261 e. The average Bonchev–Trinajstić information content (AvgIpc) is 3.32. The highest BCUT2D eigenvalue weighted by atomic mass is 35.5. The molecule has 2 unspecified atom stereocenters. The lowest BCUT2D eigenvalue weighted by Gasteiger charge is -2.43. The summed E-state index contributed by atoms with van der Waals surface area (Å²) in [6, 6.07) is 19.6. The number of hydrogen-bond acceptors (Lipinski definition) is 5. The van der Waals surface area contributed by atoms with Gasteiger partial charge in [0.1, 0.15) is 5.38 Å². The first kappa shape index (κ1) is 24.1. The number of alkyl halides is 1. The predicted molar refractivity (Wildman–Crippen MR) is 141 cm³/mol. The van der Waals surface area contributed by atoms with E-state index in [-0.39, 0.29) is 10.8 Å². The summed E-state index contributed by atoms with van der Waals surface area (Å²) in [4.78, 5) is 18.9. The standard InChI is InChI=1S/C24H16Cl3N3O3S2/c25-14-9-11-15(12-10-14)35(32,33)29-19-8-4-2-6-17(19)20-13-34-24(28-20)30-22(21(27)23(30)31)16-5-1-3-7-18(16)26/h1-13,21-22,29H. The molecule has 0 bridgehead atoms. The van der Waals surface area contributed by atoms with E-state index in [0.717, 1.165) is 5.56 Å². The molecule has 1 aliphatic heterocycles. The molecule has 0 aliphatic carbocycles. The molecule has 1 amide bonds. The number of amides is 1. The number of aromatic nitrogens is 1. The van der Waals surface area contributed by atoms with E-state index in [0.29, 0.717) is 32.1 Å². The maximum atomic E-state index is 12.9. The third-order valence-corrected chi connectivity index (χ3v) is 8.76. The van der Waals surface area contributed by atoms with Gasteiger partial charge < -0.3 is 0 Å². The molecule has 1 aliphatic rings. The molecule has 1 fully saturated rings. The summed E-state index contributed by atoms with van der Waals surface area (Å²) < 4.78 is 28.5. The zero-order valence-corrected chi connectivity index (χ0v) is 21.6. The summed E-state index contributed by atoms with van der Waals surface area (Å²) in [5.41, 5.74) is 2.18. The Kier molecular flexibility index (Phi) is 6.50. The Morgan fingerprint density at radius 2 is 1.63 bits per heavy atom. The second-order valence-corrected chi connectivity index (χ2v) is 11.5. The van der Waals surface area contributed by atoms with Crippen LogP contribution in [0.5, 0.6) is 0 Å². The number of nitrogens with zero attached hydrogens (tertiary/aromatic N) is 2. The van der Waals surface area contributed by atoms with Crippen LogP contribution in [-0.4, -0.2) is 24.7 Å². The number of sulfonamides is 1. The molecule has 0 spiro atoms. The molecule has 6 nitrogen and oxygen atoms in total. The summed E-state index contributed by atoms with van der Waals surface area (Å²) in [5, 5.41) is 2.42. The Bertz CT molecular complexity index is 1520. The van der Waals surface area contributed by atoms with Crippen molar-refractivity contribution in [1.82, 2.24) is 4.98 Å². The summed E-state index contributed by atoms with van der Waals surface area (Å²) in [6.45, 7) is 0. The molecule has 0 radical (unpaired) electrons. The predicted octanol–water partition coefficient (Wildman–Crippen LogP) is 6.61. The number of thiazole rings is 1. The molecule has 1 saturated heterocycles. The van der Waals surface area contributed by atoms with Crippen molar-refractivity contribution in [3.63, 3.8) is 0 Å². The van der Waals surface area contributed by atoms with E-state index in [9.17, 15) is 13.2 Å². The van der Waals surface area contributed by atoms with E-state index >= 15 is 0 Å². The van der Waals surface area contributed by atoms with Gasteiger partial charge in [-0.15, -0.1) is 22.9 Å². The van der Waals surface area contributed by atoms with Crippen LogP contribution in [0.3, 0.4) is 0 Å². The topological polar surface area (TPSA) is 79.4 Å². The van der Waals surface area contributed by atoms with Gasteiger partial charge in [-0.05, 0) is 42.0 Å². The fourth-order valence-electron chi connectivity index (χ4n) is 3.79. The summed E-state index contributed by atoms with van der Waals surface area (Å²) in [7, 11) is -3.86. The van der Waals surface area contributed by atoms with Crippen molar-refractivity contribution >= 4 is 72.9 Å². The van der Waals surface area contributed by atoms with E-state index in [1.165, 1.54) is 40.5 Å². The van der Waals surface area contributed by atoms with Crippen molar-refractivity contribution in [2.24, 2.45) is 0 Å². The van der Waals surface area contributed by atoms with Crippen molar-refractivity contribution in [2.75, 3.05) is 9.62 Å². The molecule has 11 heteroatoms. The number of benzene rings is 3. The van der Waals surface area contributed by atoms with Gasteiger partial charge in [0.05, 0.1) is 22.3 Å². The van der Waals surface area contributed by atoms with Gasteiger partial charge in [0.25, 0.3) is 10.0 Å². The number of rotatable bonds is 6. The van der Waals surface area contributed by atoms with Crippen LogP contribution in [0.1, 0.15) is 11.6 Å². The SMILES string of the molecule is O=C1C(Cl)C(c2ccccc2Cl)N1c1nc(-c2ccccc2NS(=O)(=O)c2ccc(Cl)cc2)cs1. The number of hydrogen-bond donors (Lipinski definition) is 1. The van der Waals surface area contributed by atoms with Crippen molar-refractivity contribution in [3.05, 3.63) is 93.8 Å². The van der Waals surface area contributed by atoms with Gasteiger partial charge >= 0.3 is 0 Å². The molecule has 0 saturated carbocycles. The normalized spacial score (nSPS) is 17.8. The number of carbonyl (C=O) groups is 1. The molecule has 1 N–H and O–H groups in total. The van der Waals surface area contributed by atoms with E-state index in [1.807, 2.05) is 18.2 Å². The van der Waals surface area contributed by atoms with Crippen molar-refractivity contribution < 1.29 is 13.2 Å². The quantitative estimate of drug-likeness (QED) is 0.211. The molecule has 35 heavy (non-hydrogen) atoms. The lowest BCUT2D eigenvalue weighted by molar-refractivity contribution is -0.123. The molecule has 3 aromatic carbocycles. The van der Waals surface area contributed by atoms with E-state index in [4.69, 9.17) is 34.8 Å². The smallest absolute Gasteiger partial charge is 0.261 e. The van der Waals surface area contributed by atoms with Crippen LogP contribution < -0.4 is 9.62 Å². The lowest BCUT2D eigenvalue weighted by atomic mass is 9.94. The fraction of sp³-hybridized carbons (Fsp3) is 0.0833. The van der Waals surface area contributed by atoms with Crippen LogP contribution >= 0.6 is 46.1 Å². The molecule has 2 atom stereocenters. The first-order valence-electron chi connectivity index (χ1n) is 10.3. The molecular weight excluding hydrogens is 549 g/mol. The molecule has 5 rings (SSSR count). The van der Waals surface area contributed by atoms with Crippen LogP contribution in [-0.2, 0) is 14.8 Å². The lowest BCUT2D eigenvalue weighted by Crippen LogP contribution is -2.56. The highest BCUT2D eigenvalue weighted by Gasteiger charge is 2.49. The molecule has 4 aromatic rings. The van der Waals surface area contributed by atoms with E-state index < -0.39 is 21.4 Å². The van der Waals surface area contributed by atoms with Crippen molar-refractivity contribution in [2.45, 2.75) is 16.3 Å². The van der Waals surface area contributed by atoms with Gasteiger partial charge in [0.2, 0.25) is 5.91 Å². The first-order chi connectivity index (χ1) is 16.8. The van der Waals surface area contributed by atoms with Crippen LogP contribution in [0.4, 0.5) is 10.8 Å². The minimum Gasteiger partial charge on any atom is -0.279 e. The van der Waals surface area contributed by atoms with Crippen LogP contribution in [0.15, 0.2) is 83.1 Å². The number of anilines is 2. The number of β-lactam (4-membered cyclic amide) rings is 1. The van der Waals surface area contributed by atoms with Gasteiger partial charge in [-0.3, -0.25) is 14.4 Å². The second-order valence-electron chi connectivity index (χ2n) is 7.70. The first-order valence-corrected chi connectivity index (χ1v) is 13.9. The Labute approximate surface area is 221 Å². The molecular formula is C24H16Cl3N3O3S2. The number of halogens is 3. The fourth-order valence-corrected chi connectivity index (χ4v) is 6.46. The summed E-state index contributed by atoms with van der Waals surface area (Å²) in [6.07, 6.45) is 0. The highest BCUT2D eigenvalue weighted by molar-refractivity contribution is 7.92. The minimum atomic E-state index is -3.86. The van der Waals surface area contributed by atoms with Crippen molar-refractivity contribution in [3.8, 4) is 11.3 Å². The van der Waals surface area contributed by atoms with Crippen LogP contribution in [0.25, 0.3) is 11.3 Å². The monoisotopic (exact) mass is 563 g/mol. The number of carbonyl (C=O) groups excluding carboxylic acids is 1. The zero-order chi connectivity index (χ0) is 24.7. The number of nitrogens with one attached hydrogen (secondary N) is 1. The second kappa shape index (κ2) is 9.44. The maximum absolute atomic E-state index is 12.9. The summed E-state index contributed by atoms with van der Waals surface area (Å²) in [5.74, 6) is -0.269. The van der Waals surface area contributed by atoms with Gasteiger partial charge in [-0.1, -0.05) is 59.6 Å².